The zero-order valence-corrected chi connectivity index (χ0v) is 10.9. The molecule has 1 aliphatic heterocycles. The van der Waals surface area contributed by atoms with Gasteiger partial charge >= 0.3 is 0 Å². The lowest BCUT2D eigenvalue weighted by atomic mass is 9.99. The predicted molar refractivity (Wildman–Crippen MR) is 64.5 cm³/mol. The molecule has 0 aromatic rings. The van der Waals surface area contributed by atoms with Crippen LogP contribution in [0.5, 0.6) is 0 Å². The number of ether oxygens (including phenoxy) is 1. The molecule has 5 nitrogen and oxygen atoms in total. The molecule has 0 aromatic carbocycles. The Morgan fingerprint density at radius 1 is 1.41 bits per heavy atom. The van der Waals surface area contributed by atoms with Crippen molar-refractivity contribution in [2.75, 3.05) is 26.8 Å². The van der Waals surface area contributed by atoms with E-state index in [0.29, 0.717) is 13.2 Å². The Balaban J connectivity index is 2.56. The first-order chi connectivity index (χ1) is 8.07. The lowest BCUT2D eigenvalue weighted by Gasteiger charge is -2.37. The Kier molecular flexibility index (Phi) is 5.41. The third-order valence-corrected chi connectivity index (χ3v) is 2.97. The predicted octanol–water partition coefficient (Wildman–Crippen LogP) is 0.396. The number of nitrogens with zero attached hydrogens (tertiary/aromatic N) is 1. The van der Waals surface area contributed by atoms with Crippen molar-refractivity contribution in [1.29, 1.82) is 0 Å². The molecule has 1 rings (SSSR count). The van der Waals surface area contributed by atoms with E-state index in [1.54, 1.807) is 12.0 Å². The van der Waals surface area contributed by atoms with Crippen LogP contribution in [0.2, 0.25) is 0 Å². The van der Waals surface area contributed by atoms with Crippen LogP contribution in [-0.2, 0) is 14.3 Å². The van der Waals surface area contributed by atoms with Crippen molar-refractivity contribution in [3.63, 3.8) is 0 Å². The molecule has 2 amide bonds. The van der Waals surface area contributed by atoms with Gasteiger partial charge < -0.3 is 15.0 Å². The average Bonchev–Trinajstić information content (AvgIpc) is 2.28. The number of methoxy groups -OCH3 is 1. The number of amides is 2. The van der Waals surface area contributed by atoms with Crippen molar-refractivity contribution in [1.82, 2.24) is 10.2 Å². The van der Waals surface area contributed by atoms with Crippen LogP contribution in [0, 0.1) is 5.92 Å². The smallest absolute Gasteiger partial charge is 0.243 e. The molecule has 0 radical (unpaired) electrons. The molecular formula is C12H22N2O3. The number of unbranched alkanes of at least 4 members (excludes halogenated alkanes) is 1. The first-order valence-corrected chi connectivity index (χ1v) is 6.14. The number of nitrogens with one attached hydrogen (secondary N) is 1. The molecule has 1 saturated heterocycles. The van der Waals surface area contributed by atoms with Gasteiger partial charge in [0.2, 0.25) is 11.8 Å². The maximum atomic E-state index is 11.8. The molecule has 1 aliphatic rings. The normalized spacial score (nSPS) is 20.9. The van der Waals surface area contributed by atoms with Crippen LogP contribution in [0.25, 0.3) is 0 Å². The van der Waals surface area contributed by atoms with Gasteiger partial charge in [-0.25, -0.2) is 0 Å². The van der Waals surface area contributed by atoms with Gasteiger partial charge in [-0.1, -0.05) is 13.8 Å². The average molecular weight is 242 g/mol. The van der Waals surface area contributed by atoms with E-state index in [4.69, 9.17) is 4.74 Å². The summed E-state index contributed by atoms with van der Waals surface area (Å²) in [5.41, 5.74) is 0. The van der Waals surface area contributed by atoms with Gasteiger partial charge in [0, 0.05) is 20.3 Å². The lowest BCUT2D eigenvalue weighted by Crippen LogP contribution is -2.60. The zero-order valence-electron chi connectivity index (χ0n) is 10.9. The van der Waals surface area contributed by atoms with E-state index in [2.05, 4.69) is 5.32 Å². The SMILES string of the molecule is COCCCCN1C(=O)CNC(=O)C1C(C)C. The molecule has 98 valence electrons. The van der Waals surface area contributed by atoms with Crippen LogP contribution < -0.4 is 5.32 Å². The molecule has 0 aromatic heterocycles. The van der Waals surface area contributed by atoms with E-state index in [9.17, 15) is 9.59 Å². The fraction of sp³-hybridized carbons (Fsp3) is 0.833. The van der Waals surface area contributed by atoms with Crippen LogP contribution in [0.4, 0.5) is 0 Å². The molecule has 0 saturated carbocycles. The summed E-state index contributed by atoms with van der Waals surface area (Å²) < 4.78 is 4.97. The van der Waals surface area contributed by atoms with Crippen molar-refractivity contribution in [2.24, 2.45) is 5.92 Å². The highest BCUT2D eigenvalue weighted by Crippen LogP contribution is 2.15. The molecule has 0 aliphatic carbocycles. The third kappa shape index (κ3) is 3.70. The monoisotopic (exact) mass is 242 g/mol. The molecule has 1 N–H and O–H groups in total. The van der Waals surface area contributed by atoms with E-state index in [1.165, 1.54) is 0 Å². The van der Waals surface area contributed by atoms with Gasteiger partial charge in [-0.3, -0.25) is 9.59 Å². The summed E-state index contributed by atoms with van der Waals surface area (Å²) in [4.78, 5) is 25.3. The highest BCUT2D eigenvalue weighted by atomic mass is 16.5. The molecule has 1 heterocycles. The van der Waals surface area contributed by atoms with Gasteiger partial charge in [-0.15, -0.1) is 0 Å². The van der Waals surface area contributed by atoms with Crippen molar-refractivity contribution >= 4 is 11.8 Å². The van der Waals surface area contributed by atoms with Gasteiger partial charge in [0.05, 0.1) is 6.54 Å². The van der Waals surface area contributed by atoms with E-state index in [1.807, 2.05) is 13.8 Å². The molecule has 1 fully saturated rings. The minimum Gasteiger partial charge on any atom is -0.385 e. The summed E-state index contributed by atoms with van der Waals surface area (Å²) in [6.45, 7) is 5.39. The fourth-order valence-electron chi connectivity index (χ4n) is 2.12. The van der Waals surface area contributed by atoms with Crippen molar-refractivity contribution in [3.05, 3.63) is 0 Å². The van der Waals surface area contributed by atoms with Crippen molar-refractivity contribution in [3.8, 4) is 0 Å². The van der Waals surface area contributed by atoms with Gasteiger partial charge in [0.1, 0.15) is 6.04 Å². The zero-order chi connectivity index (χ0) is 12.8. The van der Waals surface area contributed by atoms with E-state index in [-0.39, 0.29) is 30.3 Å². The Hall–Kier alpha value is -1.10. The quantitative estimate of drug-likeness (QED) is 0.686. The molecule has 0 spiro atoms. The number of hydrogen-bond donors (Lipinski definition) is 1. The molecule has 1 atom stereocenters. The number of carbonyl (C=O) groups excluding carboxylic acids is 2. The second-order valence-electron chi connectivity index (χ2n) is 4.69. The Bertz CT molecular complexity index is 279. The van der Waals surface area contributed by atoms with Gasteiger partial charge in [0.15, 0.2) is 0 Å². The Morgan fingerprint density at radius 2 is 2.12 bits per heavy atom. The maximum Gasteiger partial charge on any atom is 0.243 e. The number of carbonyl (C=O) groups is 2. The summed E-state index contributed by atoms with van der Waals surface area (Å²) in [6, 6.07) is -0.321. The van der Waals surface area contributed by atoms with E-state index >= 15 is 0 Å². The Labute approximate surface area is 102 Å². The number of piperazine rings is 1. The summed E-state index contributed by atoms with van der Waals surface area (Å²) in [6.07, 6.45) is 1.78. The molecular weight excluding hydrogens is 220 g/mol. The topological polar surface area (TPSA) is 58.6 Å². The van der Waals surface area contributed by atoms with Gasteiger partial charge in [-0.2, -0.15) is 0 Å². The van der Waals surface area contributed by atoms with E-state index in [0.717, 1.165) is 12.8 Å². The van der Waals surface area contributed by atoms with Crippen LogP contribution in [-0.4, -0.2) is 49.6 Å². The number of rotatable bonds is 6. The van der Waals surface area contributed by atoms with Crippen molar-refractivity contribution < 1.29 is 14.3 Å². The third-order valence-electron chi connectivity index (χ3n) is 2.97. The van der Waals surface area contributed by atoms with Crippen LogP contribution in [0.1, 0.15) is 26.7 Å². The summed E-state index contributed by atoms with van der Waals surface area (Å²) in [7, 11) is 1.66. The first-order valence-electron chi connectivity index (χ1n) is 6.14. The van der Waals surface area contributed by atoms with Crippen LogP contribution in [0.3, 0.4) is 0 Å². The molecule has 1 unspecified atom stereocenters. The highest BCUT2D eigenvalue weighted by Gasteiger charge is 2.35. The van der Waals surface area contributed by atoms with Crippen molar-refractivity contribution in [2.45, 2.75) is 32.7 Å². The summed E-state index contributed by atoms with van der Waals surface area (Å²) in [5, 5.41) is 2.64. The standard InChI is InChI=1S/C12H22N2O3/c1-9(2)11-12(16)13-8-10(15)14(11)6-4-5-7-17-3/h9,11H,4-8H2,1-3H3,(H,13,16). The Morgan fingerprint density at radius 3 is 2.71 bits per heavy atom. The van der Waals surface area contributed by atoms with Gasteiger partial charge in [-0.05, 0) is 18.8 Å². The number of hydrogen-bond acceptors (Lipinski definition) is 3. The largest absolute Gasteiger partial charge is 0.385 e. The minimum atomic E-state index is -0.321. The minimum absolute atomic E-state index is 0.0146. The molecule has 5 heteroatoms. The summed E-state index contributed by atoms with van der Waals surface area (Å²) in [5.74, 6) is 0.119. The molecule has 0 bridgehead atoms. The molecule has 17 heavy (non-hydrogen) atoms. The van der Waals surface area contributed by atoms with Crippen LogP contribution in [0.15, 0.2) is 0 Å². The lowest BCUT2D eigenvalue weighted by molar-refractivity contribution is -0.147. The fourth-order valence-corrected chi connectivity index (χ4v) is 2.12. The summed E-state index contributed by atoms with van der Waals surface area (Å²) >= 11 is 0. The van der Waals surface area contributed by atoms with E-state index < -0.39 is 0 Å². The van der Waals surface area contributed by atoms with Gasteiger partial charge in [0.25, 0.3) is 0 Å². The maximum absolute atomic E-state index is 11.8. The van der Waals surface area contributed by atoms with Crippen LogP contribution >= 0.6 is 0 Å². The highest BCUT2D eigenvalue weighted by molar-refractivity contribution is 5.94. The second kappa shape index (κ2) is 6.59. The second-order valence-corrected chi connectivity index (χ2v) is 4.69. The first kappa shape index (κ1) is 14.0.